The van der Waals surface area contributed by atoms with Gasteiger partial charge in [-0.3, -0.25) is 0 Å². The Labute approximate surface area is 125 Å². The van der Waals surface area contributed by atoms with Gasteiger partial charge in [-0.2, -0.15) is 15.0 Å². The van der Waals surface area contributed by atoms with Gasteiger partial charge in [0.2, 0.25) is 11.9 Å². The first-order valence-corrected chi connectivity index (χ1v) is 7.73. The number of aromatic nitrogens is 3. The summed E-state index contributed by atoms with van der Waals surface area (Å²) in [5.74, 6) is 0.965. The zero-order valence-electron chi connectivity index (χ0n) is 12.9. The van der Waals surface area contributed by atoms with Crippen LogP contribution in [0.4, 0.5) is 11.9 Å². The Morgan fingerprint density at radius 1 is 1.14 bits per heavy atom. The van der Waals surface area contributed by atoms with E-state index in [4.69, 9.17) is 4.74 Å². The summed E-state index contributed by atoms with van der Waals surface area (Å²) in [7, 11) is 0. The van der Waals surface area contributed by atoms with Crippen molar-refractivity contribution in [2.75, 3.05) is 30.4 Å². The van der Waals surface area contributed by atoms with Gasteiger partial charge < -0.3 is 20.5 Å². The second-order valence-corrected chi connectivity index (χ2v) is 5.40. The minimum absolute atomic E-state index is 0.0837. The van der Waals surface area contributed by atoms with Crippen molar-refractivity contribution < 1.29 is 9.84 Å². The van der Waals surface area contributed by atoms with Crippen molar-refractivity contribution in [1.82, 2.24) is 15.0 Å². The van der Waals surface area contributed by atoms with Crippen LogP contribution in [0.5, 0.6) is 6.01 Å². The van der Waals surface area contributed by atoms with Crippen molar-refractivity contribution in [3.8, 4) is 6.01 Å². The maximum absolute atomic E-state index is 9.68. The van der Waals surface area contributed by atoms with Gasteiger partial charge in [0.05, 0.1) is 18.8 Å². The first-order chi connectivity index (χ1) is 10.2. The minimum Gasteiger partial charge on any atom is -0.464 e. The number of hydrogen-bond acceptors (Lipinski definition) is 7. The Morgan fingerprint density at radius 3 is 2.48 bits per heavy atom. The van der Waals surface area contributed by atoms with Gasteiger partial charge in [-0.1, -0.05) is 19.8 Å². The quantitative estimate of drug-likeness (QED) is 0.673. The van der Waals surface area contributed by atoms with E-state index in [1.807, 2.05) is 6.92 Å². The molecular weight excluding hydrogens is 270 g/mol. The molecule has 2 rings (SSSR count). The van der Waals surface area contributed by atoms with Gasteiger partial charge in [0.1, 0.15) is 0 Å². The third-order valence-corrected chi connectivity index (χ3v) is 3.66. The van der Waals surface area contributed by atoms with Crippen LogP contribution in [-0.4, -0.2) is 45.4 Å². The second kappa shape index (κ2) is 7.40. The summed E-state index contributed by atoms with van der Waals surface area (Å²) >= 11 is 0. The lowest BCUT2D eigenvalue weighted by Crippen LogP contribution is -2.39. The fraction of sp³-hybridized carbons (Fsp3) is 0.786. The molecule has 0 amide bonds. The summed E-state index contributed by atoms with van der Waals surface area (Å²) < 4.78 is 5.39. The highest BCUT2D eigenvalue weighted by Crippen LogP contribution is 2.32. The van der Waals surface area contributed by atoms with Gasteiger partial charge in [0, 0.05) is 6.54 Å². The van der Waals surface area contributed by atoms with Gasteiger partial charge >= 0.3 is 6.01 Å². The zero-order chi connectivity index (χ0) is 15.1. The van der Waals surface area contributed by atoms with Gasteiger partial charge in [0.15, 0.2) is 0 Å². The van der Waals surface area contributed by atoms with Crippen molar-refractivity contribution in [3.63, 3.8) is 0 Å². The number of aliphatic hydroxyl groups is 1. The maximum atomic E-state index is 9.68. The highest BCUT2D eigenvalue weighted by molar-refractivity contribution is 5.38. The van der Waals surface area contributed by atoms with Gasteiger partial charge in [-0.15, -0.1) is 0 Å². The summed E-state index contributed by atoms with van der Waals surface area (Å²) in [6, 6.07) is 0.305. The number of aliphatic hydroxyl groups excluding tert-OH is 1. The zero-order valence-corrected chi connectivity index (χ0v) is 12.9. The molecule has 3 N–H and O–H groups in total. The predicted molar refractivity (Wildman–Crippen MR) is 81.7 cm³/mol. The van der Waals surface area contributed by atoms with E-state index in [2.05, 4.69) is 32.5 Å². The average molecular weight is 295 g/mol. The summed E-state index contributed by atoms with van der Waals surface area (Å²) in [5, 5.41) is 16.1. The normalized spacial score (nSPS) is 16.7. The molecule has 1 aliphatic carbocycles. The molecule has 0 saturated heterocycles. The number of rotatable bonds is 8. The number of ether oxygens (including phenoxy) is 1. The SMILES string of the molecule is CCCNc1nc(NC2(CO)CCCC2)nc(OCC)n1. The molecular formula is C14H25N5O2. The molecule has 0 aromatic carbocycles. The van der Waals surface area contributed by atoms with Crippen LogP contribution in [-0.2, 0) is 0 Å². The first kappa shape index (κ1) is 15.8. The van der Waals surface area contributed by atoms with E-state index in [-0.39, 0.29) is 12.1 Å². The monoisotopic (exact) mass is 295 g/mol. The Balaban J connectivity index is 2.18. The van der Waals surface area contributed by atoms with E-state index < -0.39 is 0 Å². The van der Waals surface area contributed by atoms with Crippen LogP contribution in [0.1, 0.15) is 46.0 Å². The van der Waals surface area contributed by atoms with E-state index in [1.54, 1.807) is 0 Å². The van der Waals surface area contributed by atoms with Crippen LogP contribution < -0.4 is 15.4 Å². The maximum Gasteiger partial charge on any atom is 0.323 e. The third kappa shape index (κ3) is 4.17. The standard InChI is InChI=1S/C14H25N5O2/c1-3-9-15-11-16-12(18-13(17-11)21-4-2)19-14(10-20)7-5-6-8-14/h20H,3-10H2,1-2H3,(H2,15,16,17,18,19). The van der Waals surface area contributed by atoms with Crippen LogP contribution >= 0.6 is 0 Å². The van der Waals surface area contributed by atoms with Crippen molar-refractivity contribution in [1.29, 1.82) is 0 Å². The first-order valence-electron chi connectivity index (χ1n) is 7.73. The summed E-state index contributed by atoms with van der Waals surface area (Å²) in [6.45, 7) is 5.35. The molecule has 0 atom stereocenters. The molecule has 1 aromatic rings. The van der Waals surface area contributed by atoms with E-state index >= 15 is 0 Å². The lowest BCUT2D eigenvalue weighted by atomic mass is 9.99. The number of nitrogens with one attached hydrogen (secondary N) is 2. The molecule has 1 aliphatic rings. The minimum atomic E-state index is -0.313. The second-order valence-electron chi connectivity index (χ2n) is 5.40. The number of nitrogens with zero attached hydrogens (tertiary/aromatic N) is 3. The lowest BCUT2D eigenvalue weighted by Gasteiger charge is -2.28. The van der Waals surface area contributed by atoms with Crippen LogP contribution in [0.3, 0.4) is 0 Å². The smallest absolute Gasteiger partial charge is 0.323 e. The van der Waals surface area contributed by atoms with E-state index in [0.717, 1.165) is 38.6 Å². The van der Waals surface area contributed by atoms with E-state index in [0.29, 0.717) is 24.5 Å². The van der Waals surface area contributed by atoms with Crippen LogP contribution in [0, 0.1) is 0 Å². The van der Waals surface area contributed by atoms with Gasteiger partial charge in [-0.25, -0.2) is 0 Å². The molecule has 1 saturated carbocycles. The largest absolute Gasteiger partial charge is 0.464 e. The molecule has 1 aromatic heterocycles. The molecule has 7 nitrogen and oxygen atoms in total. The predicted octanol–water partition coefficient (Wildman–Crippen LogP) is 1.81. The summed E-state index contributed by atoms with van der Waals surface area (Å²) in [5.41, 5.74) is -0.313. The van der Waals surface area contributed by atoms with Crippen molar-refractivity contribution in [3.05, 3.63) is 0 Å². The Morgan fingerprint density at radius 2 is 1.86 bits per heavy atom. The fourth-order valence-corrected chi connectivity index (χ4v) is 2.53. The van der Waals surface area contributed by atoms with Crippen molar-refractivity contribution in [2.45, 2.75) is 51.5 Å². The van der Waals surface area contributed by atoms with Gasteiger partial charge in [0.25, 0.3) is 0 Å². The van der Waals surface area contributed by atoms with Crippen molar-refractivity contribution in [2.24, 2.45) is 0 Å². The van der Waals surface area contributed by atoms with E-state index in [1.165, 1.54) is 0 Å². The molecule has 0 unspecified atom stereocenters. The summed E-state index contributed by atoms with van der Waals surface area (Å²) in [4.78, 5) is 12.9. The molecule has 0 spiro atoms. The van der Waals surface area contributed by atoms with Crippen LogP contribution in [0.25, 0.3) is 0 Å². The molecule has 0 radical (unpaired) electrons. The molecule has 0 bridgehead atoms. The lowest BCUT2D eigenvalue weighted by molar-refractivity contribution is 0.213. The van der Waals surface area contributed by atoms with Crippen molar-refractivity contribution >= 4 is 11.9 Å². The number of hydrogen-bond donors (Lipinski definition) is 3. The highest BCUT2D eigenvalue weighted by Gasteiger charge is 2.34. The van der Waals surface area contributed by atoms with Crippen LogP contribution in [0.15, 0.2) is 0 Å². The number of anilines is 2. The third-order valence-electron chi connectivity index (χ3n) is 3.66. The Kier molecular flexibility index (Phi) is 5.55. The molecule has 1 heterocycles. The topological polar surface area (TPSA) is 92.2 Å². The Bertz CT molecular complexity index is 449. The fourth-order valence-electron chi connectivity index (χ4n) is 2.53. The molecule has 21 heavy (non-hydrogen) atoms. The molecule has 118 valence electrons. The molecule has 1 fully saturated rings. The Hall–Kier alpha value is -1.63. The van der Waals surface area contributed by atoms with Crippen LogP contribution in [0.2, 0.25) is 0 Å². The molecule has 0 aliphatic heterocycles. The summed E-state index contributed by atoms with van der Waals surface area (Å²) in [6.07, 6.45) is 5.06. The van der Waals surface area contributed by atoms with E-state index in [9.17, 15) is 5.11 Å². The van der Waals surface area contributed by atoms with Gasteiger partial charge in [-0.05, 0) is 26.2 Å². The molecule has 7 heteroatoms. The highest BCUT2D eigenvalue weighted by atomic mass is 16.5. The average Bonchev–Trinajstić information content (AvgIpc) is 2.94.